The Bertz CT molecular complexity index is 460. The first kappa shape index (κ1) is 16.4. The van der Waals surface area contributed by atoms with Gasteiger partial charge in [0.25, 0.3) is 0 Å². The fraction of sp³-hybridized carbons (Fsp3) is 0.333. The molecule has 0 spiro atoms. The SMILES string of the molecule is CCOC(=O)C[C@@H](N)c1ccc(F)c(C#N)c1.Cl. The molecule has 18 heavy (non-hydrogen) atoms. The molecule has 1 aromatic carbocycles. The zero-order valence-electron chi connectivity index (χ0n) is 9.85. The summed E-state index contributed by atoms with van der Waals surface area (Å²) in [5, 5.41) is 8.67. The van der Waals surface area contributed by atoms with Gasteiger partial charge >= 0.3 is 5.97 Å². The smallest absolute Gasteiger partial charge is 0.307 e. The van der Waals surface area contributed by atoms with Crippen molar-refractivity contribution in [2.45, 2.75) is 19.4 Å². The van der Waals surface area contributed by atoms with Gasteiger partial charge in [0, 0.05) is 6.04 Å². The maximum Gasteiger partial charge on any atom is 0.307 e. The molecular formula is C12H14ClFN2O2. The molecule has 2 N–H and O–H groups in total. The van der Waals surface area contributed by atoms with E-state index >= 15 is 0 Å². The lowest BCUT2D eigenvalue weighted by Crippen LogP contribution is -2.17. The van der Waals surface area contributed by atoms with Crippen molar-refractivity contribution in [1.29, 1.82) is 5.26 Å². The van der Waals surface area contributed by atoms with Gasteiger partial charge in [-0.3, -0.25) is 4.79 Å². The normalized spacial score (nSPS) is 11.0. The second kappa shape index (κ2) is 7.64. The molecule has 0 heterocycles. The van der Waals surface area contributed by atoms with Crippen molar-refractivity contribution in [3.05, 3.63) is 35.1 Å². The van der Waals surface area contributed by atoms with E-state index in [0.29, 0.717) is 12.2 Å². The van der Waals surface area contributed by atoms with E-state index in [4.69, 9.17) is 15.7 Å². The van der Waals surface area contributed by atoms with Crippen LogP contribution >= 0.6 is 12.4 Å². The quantitative estimate of drug-likeness (QED) is 0.852. The molecular weight excluding hydrogens is 259 g/mol. The summed E-state index contributed by atoms with van der Waals surface area (Å²) in [6.07, 6.45) is 0.00431. The molecule has 1 aromatic rings. The number of nitrogens with zero attached hydrogens (tertiary/aromatic N) is 1. The Hall–Kier alpha value is -1.64. The van der Waals surface area contributed by atoms with Crippen molar-refractivity contribution in [3.63, 3.8) is 0 Å². The number of rotatable bonds is 4. The minimum atomic E-state index is -0.598. The number of esters is 1. The van der Waals surface area contributed by atoms with Crippen LogP contribution in [0.15, 0.2) is 18.2 Å². The maximum absolute atomic E-state index is 13.1. The van der Waals surface area contributed by atoms with E-state index in [-0.39, 0.29) is 24.4 Å². The Morgan fingerprint density at radius 1 is 1.61 bits per heavy atom. The van der Waals surface area contributed by atoms with Crippen LogP contribution < -0.4 is 5.73 Å². The Balaban J connectivity index is 0.00000289. The summed E-state index contributed by atoms with van der Waals surface area (Å²) in [4.78, 5) is 11.2. The summed E-state index contributed by atoms with van der Waals surface area (Å²) in [6.45, 7) is 1.99. The predicted octanol–water partition coefficient (Wildman–Crippen LogP) is 2.07. The molecule has 0 radical (unpaired) electrons. The average molecular weight is 273 g/mol. The van der Waals surface area contributed by atoms with E-state index < -0.39 is 17.8 Å². The largest absolute Gasteiger partial charge is 0.466 e. The molecule has 0 bridgehead atoms. The van der Waals surface area contributed by atoms with Crippen molar-refractivity contribution < 1.29 is 13.9 Å². The second-order valence-corrected chi connectivity index (χ2v) is 3.47. The van der Waals surface area contributed by atoms with Crippen LogP contribution in [0.4, 0.5) is 4.39 Å². The molecule has 1 rings (SSSR count). The van der Waals surface area contributed by atoms with Crippen LogP contribution in [0.3, 0.4) is 0 Å². The molecule has 0 saturated carbocycles. The van der Waals surface area contributed by atoms with Gasteiger partial charge in [-0.25, -0.2) is 4.39 Å². The Kier molecular flexibility index (Phi) is 6.94. The van der Waals surface area contributed by atoms with E-state index in [1.165, 1.54) is 18.2 Å². The first-order valence-electron chi connectivity index (χ1n) is 5.19. The van der Waals surface area contributed by atoms with Gasteiger partial charge in [0.1, 0.15) is 11.9 Å². The monoisotopic (exact) mass is 272 g/mol. The van der Waals surface area contributed by atoms with Gasteiger partial charge in [-0.15, -0.1) is 12.4 Å². The Morgan fingerprint density at radius 3 is 2.83 bits per heavy atom. The molecule has 1 atom stereocenters. The lowest BCUT2D eigenvalue weighted by atomic mass is 10.0. The van der Waals surface area contributed by atoms with E-state index in [0.717, 1.165) is 0 Å². The standard InChI is InChI=1S/C12H13FN2O2.ClH/c1-2-17-12(16)6-11(15)8-3-4-10(13)9(5-8)7-14;/h3-5,11H,2,6,15H2,1H3;1H/t11-;/m1./s1. The number of hydrogen-bond donors (Lipinski definition) is 1. The lowest BCUT2D eigenvalue weighted by Gasteiger charge is -2.11. The van der Waals surface area contributed by atoms with E-state index in [1.54, 1.807) is 13.0 Å². The molecule has 0 unspecified atom stereocenters. The molecule has 0 amide bonds. The minimum Gasteiger partial charge on any atom is -0.466 e. The highest BCUT2D eigenvalue weighted by molar-refractivity contribution is 5.85. The molecule has 4 nitrogen and oxygen atoms in total. The van der Waals surface area contributed by atoms with Gasteiger partial charge in [0.05, 0.1) is 18.6 Å². The molecule has 0 aliphatic heterocycles. The number of benzene rings is 1. The van der Waals surface area contributed by atoms with Gasteiger partial charge in [-0.05, 0) is 24.6 Å². The van der Waals surface area contributed by atoms with Crippen LogP contribution in [0.5, 0.6) is 0 Å². The highest BCUT2D eigenvalue weighted by atomic mass is 35.5. The van der Waals surface area contributed by atoms with Crippen LogP contribution in [-0.2, 0) is 9.53 Å². The molecule has 6 heteroatoms. The molecule has 0 aliphatic carbocycles. The second-order valence-electron chi connectivity index (χ2n) is 3.47. The number of carbonyl (C=O) groups excluding carboxylic acids is 1. The summed E-state index contributed by atoms with van der Waals surface area (Å²) < 4.78 is 17.8. The van der Waals surface area contributed by atoms with Crippen molar-refractivity contribution in [3.8, 4) is 6.07 Å². The fourth-order valence-electron chi connectivity index (χ4n) is 1.38. The van der Waals surface area contributed by atoms with Crippen LogP contribution in [0.2, 0.25) is 0 Å². The third-order valence-electron chi connectivity index (χ3n) is 2.23. The lowest BCUT2D eigenvalue weighted by molar-refractivity contribution is -0.143. The zero-order valence-corrected chi connectivity index (χ0v) is 10.7. The van der Waals surface area contributed by atoms with Crippen molar-refractivity contribution >= 4 is 18.4 Å². The van der Waals surface area contributed by atoms with Crippen LogP contribution in [0.1, 0.15) is 30.5 Å². The van der Waals surface area contributed by atoms with Crippen molar-refractivity contribution in [1.82, 2.24) is 0 Å². The average Bonchev–Trinajstić information content (AvgIpc) is 2.29. The predicted molar refractivity (Wildman–Crippen MR) is 66.5 cm³/mol. The number of ether oxygens (including phenoxy) is 1. The summed E-state index contributed by atoms with van der Waals surface area (Å²) in [5.74, 6) is -1.01. The summed E-state index contributed by atoms with van der Waals surface area (Å²) in [6, 6.07) is 5.10. The van der Waals surface area contributed by atoms with Crippen molar-refractivity contribution in [2.24, 2.45) is 5.73 Å². The van der Waals surface area contributed by atoms with Crippen LogP contribution in [0.25, 0.3) is 0 Å². The van der Waals surface area contributed by atoms with Gasteiger partial charge in [0.15, 0.2) is 0 Å². The van der Waals surface area contributed by atoms with E-state index in [2.05, 4.69) is 0 Å². The van der Waals surface area contributed by atoms with Crippen LogP contribution in [0, 0.1) is 17.1 Å². The van der Waals surface area contributed by atoms with Crippen LogP contribution in [-0.4, -0.2) is 12.6 Å². The highest BCUT2D eigenvalue weighted by Gasteiger charge is 2.14. The number of nitriles is 1. The molecule has 0 aromatic heterocycles. The third kappa shape index (κ3) is 4.32. The summed E-state index contributed by atoms with van der Waals surface area (Å²) in [5.41, 5.74) is 6.22. The number of nitrogens with two attached hydrogens (primary N) is 1. The zero-order chi connectivity index (χ0) is 12.8. The first-order chi connectivity index (χ1) is 8.08. The van der Waals surface area contributed by atoms with Gasteiger partial charge < -0.3 is 10.5 Å². The Morgan fingerprint density at radius 2 is 2.28 bits per heavy atom. The third-order valence-corrected chi connectivity index (χ3v) is 2.23. The molecule has 0 saturated heterocycles. The maximum atomic E-state index is 13.1. The summed E-state index contributed by atoms with van der Waals surface area (Å²) >= 11 is 0. The van der Waals surface area contributed by atoms with Crippen molar-refractivity contribution in [2.75, 3.05) is 6.61 Å². The topological polar surface area (TPSA) is 76.1 Å². The van der Waals surface area contributed by atoms with Gasteiger partial charge in [-0.1, -0.05) is 6.07 Å². The number of hydrogen-bond acceptors (Lipinski definition) is 4. The highest BCUT2D eigenvalue weighted by Crippen LogP contribution is 2.18. The van der Waals surface area contributed by atoms with Gasteiger partial charge in [0.2, 0.25) is 0 Å². The Labute approximate surface area is 111 Å². The van der Waals surface area contributed by atoms with E-state index in [1.807, 2.05) is 0 Å². The number of carbonyl (C=O) groups is 1. The minimum absolute atomic E-state index is 0. The van der Waals surface area contributed by atoms with E-state index in [9.17, 15) is 9.18 Å². The molecule has 0 aliphatic rings. The summed E-state index contributed by atoms with van der Waals surface area (Å²) in [7, 11) is 0. The molecule has 0 fully saturated rings. The number of halogens is 2. The molecule has 98 valence electrons. The van der Waals surface area contributed by atoms with Gasteiger partial charge in [-0.2, -0.15) is 5.26 Å². The first-order valence-corrected chi connectivity index (χ1v) is 5.19. The fourth-order valence-corrected chi connectivity index (χ4v) is 1.38.